The first kappa shape index (κ1) is 20.2. The molecule has 0 fully saturated rings. The van der Waals surface area contributed by atoms with Gasteiger partial charge in [0.2, 0.25) is 0 Å². The highest BCUT2D eigenvalue weighted by atomic mass is 19.1. The molecule has 154 valence electrons. The number of amides is 1. The van der Waals surface area contributed by atoms with E-state index < -0.39 is 17.5 Å². The van der Waals surface area contributed by atoms with Crippen molar-refractivity contribution in [2.75, 3.05) is 0 Å². The number of benzene rings is 4. The average molecular weight is 416 g/mol. The van der Waals surface area contributed by atoms with E-state index in [1.165, 1.54) is 6.07 Å². The predicted octanol–water partition coefficient (Wildman–Crippen LogP) is 5.46. The van der Waals surface area contributed by atoms with Crippen LogP contribution in [0.3, 0.4) is 0 Å². The summed E-state index contributed by atoms with van der Waals surface area (Å²) in [5, 5.41) is 5.88. The number of nitrogens with zero attached hydrogens (tertiary/aromatic N) is 1. The van der Waals surface area contributed by atoms with Crippen LogP contribution in [0.2, 0.25) is 0 Å². The first-order chi connectivity index (χ1) is 15.1. The fraction of sp³-hybridized carbons (Fsp3) is 0.0400. The molecule has 0 saturated carbocycles. The van der Waals surface area contributed by atoms with Gasteiger partial charge in [0.25, 0.3) is 5.91 Å². The number of hydrogen-bond donors (Lipinski definition) is 1. The summed E-state index contributed by atoms with van der Waals surface area (Å²) in [4.78, 5) is 12.2. The highest BCUT2D eigenvalue weighted by molar-refractivity contribution is 5.95. The molecule has 0 aliphatic carbocycles. The Balaban J connectivity index is 1.35. The maximum atomic E-state index is 13.6. The van der Waals surface area contributed by atoms with Gasteiger partial charge in [-0.3, -0.25) is 4.79 Å². The molecular weight excluding hydrogens is 398 g/mol. The molecule has 0 aliphatic rings. The van der Waals surface area contributed by atoms with Crippen LogP contribution < -0.4 is 10.2 Å². The molecule has 0 saturated heterocycles. The van der Waals surface area contributed by atoms with Gasteiger partial charge in [0, 0.05) is 5.56 Å². The average Bonchev–Trinajstić information content (AvgIpc) is 2.79. The lowest BCUT2D eigenvalue weighted by Crippen LogP contribution is -2.17. The number of fused-ring (bicyclic) bond motifs is 1. The van der Waals surface area contributed by atoms with Gasteiger partial charge in [-0.2, -0.15) is 5.10 Å². The van der Waals surface area contributed by atoms with Crippen molar-refractivity contribution < 1.29 is 18.3 Å². The summed E-state index contributed by atoms with van der Waals surface area (Å²) in [7, 11) is 0. The van der Waals surface area contributed by atoms with Crippen LogP contribution in [0, 0.1) is 11.6 Å². The van der Waals surface area contributed by atoms with Gasteiger partial charge in [0.15, 0.2) is 0 Å². The van der Waals surface area contributed by atoms with E-state index in [1.54, 1.807) is 24.3 Å². The van der Waals surface area contributed by atoms with Crippen LogP contribution in [0.5, 0.6) is 5.75 Å². The number of nitrogens with one attached hydrogen (secondary N) is 1. The Kier molecular flexibility index (Phi) is 5.98. The molecule has 4 rings (SSSR count). The monoisotopic (exact) mass is 416 g/mol. The first-order valence-electron chi connectivity index (χ1n) is 9.58. The summed E-state index contributed by atoms with van der Waals surface area (Å²) in [6.45, 7) is 0.352. The molecule has 0 bridgehead atoms. The molecule has 0 spiro atoms. The Labute approximate surface area is 177 Å². The van der Waals surface area contributed by atoms with Gasteiger partial charge in [-0.25, -0.2) is 14.2 Å². The lowest BCUT2D eigenvalue weighted by Gasteiger charge is -2.08. The highest BCUT2D eigenvalue weighted by Gasteiger charge is 2.07. The summed E-state index contributed by atoms with van der Waals surface area (Å²) in [5.74, 6) is -1.24. The lowest BCUT2D eigenvalue weighted by molar-refractivity contribution is 0.0955. The molecule has 0 heterocycles. The first-order valence-corrected chi connectivity index (χ1v) is 9.58. The van der Waals surface area contributed by atoms with Gasteiger partial charge in [-0.05, 0) is 52.7 Å². The van der Waals surface area contributed by atoms with E-state index in [0.29, 0.717) is 12.2 Å². The number of ether oxygens (including phenoxy) is 1. The van der Waals surface area contributed by atoms with E-state index in [1.807, 2.05) is 42.5 Å². The van der Waals surface area contributed by atoms with Crippen LogP contribution in [-0.4, -0.2) is 12.1 Å². The van der Waals surface area contributed by atoms with E-state index in [-0.39, 0.29) is 5.56 Å². The fourth-order valence-electron chi connectivity index (χ4n) is 3.03. The van der Waals surface area contributed by atoms with Crippen LogP contribution in [0.25, 0.3) is 10.8 Å². The van der Waals surface area contributed by atoms with Crippen molar-refractivity contribution in [2.45, 2.75) is 6.61 Å². The standard InChI is InChI=1S/C25H18F2N2O2/c26-23-6-3-7-24(27)22(23)15-28-29-25(30)19-10-8-17(9-11-19)16-31-21-13-12-18-4-1-2-5-20(18)14-21/h1-15H,16H2,(H,29,30)/b28-15-. The van der Waals surface area contributed by atoms with Gasteiger partial charge in [0.1, 0.15) is 24.0 Å². The molecule has 31 heavy (non-hydrogen) atoms. The van der Waals surface area contributed by atoms with Crippen LogP contribution in [0.1, 0.15) is 21.5 Å². The summed E-state index contributed by atoms with van der Waals surface area (Å²) < 4.78 is 33.0. The number of carbonyl (C=O) groups is 1. The number of rotatable bonds is 6. The maximum Gasteiger partial charge on any atom is 0.271 e. The van der Waals surface area contributed by atoms with Gasteiger partial charge in [-0.15, -0.1) is 0 Å². The second-order valence-electron chi connectivity index (χ2n) is 6.83. The Morgan fingerprint density at radius 2 is 1.58 bits per heavy atom. The Morgan fingerprint density at radius 1 is 0.871 bits per heavy atom. The summed E-state index contributed by atoms with van der Waals surface area (Å²) >= 11 is 0. The summed E-state index contributed by atoms with van der Waals surface area (Å²) in [6, 6.07) is 24.2. The topological polar surface area (TPSA) is 50.7 Å². The smallest absolute Gasteiger partial charge is 0.271 e. The number of hydrazone groups is 1. The molecule has 4 nitrogen and oxygen atoms in total. The third kappa shape index (κ3) is 4.93. The molecule has 1 amide bonds. The van der Waals surface area contributed by atoms with Gasteiger partial charge < -0.3 is 4.74 Å². The Hall–Kier alpha value is -4.06. The van der Waals surface area contributed by atoms with Crippen molar-refractivity contribution in [3.05, 3.63) is 113 Å². The molecular formula is C25H18F2N2O2. The van der Waals surface area contributed by atoms with E-state index in [0.717, 1.165) is 40.4 Å². The SMILES string of the molecule is O=C(N/N=C\c1c(F)cccc1F)c1ccc(COc2ccc3ccccc3c2)cc1. The van der Waals surface area contributed by atoms with Gasteiger partial charge >= 0.3 is 0 Å². The lowest BCUT2D eigenvalue weighted by atomic mass is 10.1. The van der Waals surface area contributed by atoms with Crippen LogP contribution in [0.15, 0.2) is 90.0 Å². The van der Waals surface area contributed by atoms with Crippen LogP contribution in [-0.2, 0) is 6.61 Å². The number of halogens is 2. The maximum absolute atomic E-state index is 13.6. The molecule has 6 heteroatoms. The number of carbonyl (C=O) groups excluding carboxylic acids is 1. The molecule has 4 aromatic carbocycles. The second kappa shape index (κ2) is 9.17. The molecule has 0 aromatic heterocycles. The molecule has 0 atom stereocenters. The zero-order valence-electron chi connectivity index (χ0n) is 16.4. The predicted molar refractivity (Wildman–Crippen MR) is 116 cm³/mol. The number of hydrogen-bond acceptors (Lipinski definition) is 3. The summed E-state index contributed by atoms with van der Waals surface area (Å²) in [5.41, 5.74) is 3.20. The molecule has 0 unspecified atom stereocenters. The normalized spacial score (nSPS) is 11.0. The minimum Gasteiger partial charge on any atom is -0.489 e. The van der Waals surface area contributed by atoms with Crippen molar-refractivity contribution >= 4 is 22.9 Å². The fourth-order valence-corrected chi connectivity index (χ4v) is 3.03. The Bertz CT molecular complexity index is 1230. The van der Waals surface area contributed by atoms with E-state index in [2.05, 4.69) is 10.5 Å². The second-order valence-corrected chi connectivity index (χ2v) is 6.83. The largest absolute Gasteiger partial charge is 0.489 e. The van der Waals surface area contributed by atoms with Crippen molar-refractivity contribution in [3.63, 3.8) is 0 Å². The molecule has 0 aliphatic heterocycles. The van der Waals surface area contributed by atoms with Crippen molar-refractivity contribution in [1.29, 1.82) is 0 Å². The molecule has 0 radical (unpaired) electrons. The van der Waals surface area contributed by atoms with Crippen LogP contribution >= 0.6 is 0 Å². The Morgan fingerprint density at radius 3 is 2.32 bits per heavy atom. The zero-order valence-corrected chi connectivity index (χ0v) is 16.4. The molecule has 1 N–H and O–H groups in total. The minimum absolute atomic E-state index is 0.316. The van der Waals surface area contributed by atoms with E-state index >= 15 is 0 Å². The van der Waals surface area contributed by atoms with Gasteiger partial charge in [-0.1, -0.05) is 48.5 Å². The summed E-state index contributed by atoms with van der Waals surface area (Å²) in [6.07, 6.45) is 0.939. The third-order valence-corrected chi connectivity index (χ3v) is 4.70. The quantitative estimate of drug-likeness (QED) is 0.335. The zero-order chi connectivity index (χ0) is 21.6. The third-order valence-electron chi connectivity index (χ3n) is 4.70. The van der Waals surface area contributed by atoms with E-state index in [4.69, 9.17) is 4.74 Å². The van der Waals surface area contributed by atoms with Crippen LogP contribution in [0.4, 0.5) is 8.78 Å². The molecule has 4 aromatic rings. The minimum atomic E-state index is -0.756. The van der Waals surface area contributed by atoms with Crippen molar-refractivity contribution in [3.8, 4) is 5.75 Å². The van der Waals surface area contributed by atoms with E-state index in [9.17, 15) is 13.6 Å². The van der Waals surface area contributed by atoms with Gasteiger partial charge in [0.05, 0.1) is 11.8 Å². The van der Waals surface area contributed by atoms with Crippen molar-refractivity contribution in [2.24, 2.45) is 5.10 Å². The highest BCUT2D eigenvalue weighted by Crippen LogP contribution is 2.21. The van der Waals surface area contributed by atoms with Crippen molar-refractivity contribution in [1.82, 2.24) is 5.43 Å².